The second kappa shape index (κ2) is 14.6. The van der Waals surface area contributed by atoms with Crippen molar-refractivity contribution in [2.24, 2.45) is 0 Å². The molecule has 3 aromatic carbocycles. The number of esters is 1. The highest BCUT2D eigenvalue weighted by Gasteiger charge is 2.16. The van der Waals surface area contributed by atoms with Crippen molar-refractivity contribution in [2.75, 3.05) is 18.6 Å². The summed E-state index contributed by atoms with van der Waals surface area (Å²) in [6.45, 7) is 6.46. The maximum absolute atomic E-state index is 12.9. The zero-order valence-corrected chi connectivity index (χ0v) is 25.0. The van der Waals surface area contributed by atoms with Crippen LogP contribution in [0.1, 0.15) is 53.6 Å². The number of hydrogen-bond donors (Lipinski definition) is 2. The predicted molar refractivity (Wildman–Crippen MR) is 167 cm³/mol. The lowest BCUT2D eigenvalue weighted by molar-refractivity contribution is -0.153. The highest BCUT2D eigenvalue weighted by molar-refractivity contribution is 7.10. The van der Waals surface area contributed by atoms with Crippen LogP contribution in [0.25, 0.3) is 11.1 Å². The summed E-state index contributed by atoms with van der Waals surface area (Å²) in [5, 5.41) is 5.27. The van der Waals surface area contributed by atoms with Crippen LogP contribution in [0.3, 0.4) is 0 Å². The molecule has 1 aromatic heterocycles. The van der Waals surface area contributed by atoms with E-state index in [4.69, 9.17) is 9.57 Å². The molecule has 4 rings (SSSR count). The molecule has 7 nitrogen and oxygen atoms in total. The minimum atomic E-state index is -0.476. The zero-order chi connectivity index (χ0) is 30.0. The van der Waals surface area contributed by atoms with Gasteiger partial charge in [0.2, 0.25) is 0 Å². The molecule has 8 heteroatoms. The quantitative estimate of drug-likeness (QED) is 0.0789. The van der Waals surface area contributed by atoms with Gasteiger partial charge in [0.05, 0.1) is 18.7 Å². The van der Waals surface area contributed by atoms with E-state index in [0.717, 1.165) is 23.1 Å². The number of ketones is 1. The van der Waals surface area contributed by atoms with Crippen LogP contribution in [-0.4, -0.2) is 36.4 Å². The fourth-order valence-corrected chi connectivity index (χ4v) is 5.13. The Hall–Kier alpha value is -4.27. The number of ether oxygens (including phenoxy) is 1. The fraction of sp³-hybridized carbons (Fsp3) is 0.265. The Labute approximate surface area is 250 Å². The smallest absolute Gasteiger partial charge is 0.332 e. The second-order valence-electron chi connectivity index (χ2n) is 10.8. The Morgan fingerprint density at radius 1 is 0.810 bits per heavy atom. The molecule has 1 heterocycles. The number of benzene rings is 3. The van der Waals surface area contributed by atoms with Crippen molar-refractivity contribution in [3.05, 3.63) is 112 Å². The van der Waals surface area contributed by atoms with Gasteiger partial charge in [-0.15, -0.1) is 11.3 Å². The highest BCUT2D eigenvalue weighted by atomic mass is 32.1. The first kappa shape index (κ1) is 30.7. The summed E-state index contributed by atoms with van der Waals surface area (Å²) in [5.41, 5.74) is 6.90. The number of rotatable bonds is 13. The third-order valence-electron chi connectivity index (χ3n) is 6.28. The molecule has 0 atom stereocenters. The predicted octanol–water partition coefficient (Wildman–Crippen LogP) is 6.62. The SMILES string of the molecule is CC(C)(C)OC(=O)CNCCc1cc(-c2ccc(CCC(=O)ONc3ccccc3C(=O)c3ccccc3)cc2)cs1. The van der Waals surface area contributed by atoms with E-state index in [9.17, 15) is 14.4 Å². The zero-order valence-electron chi connectivity index (χ0n) is 24.1. The van der Waals surface area contributed by atoms with Crippen LogP contribution in [-0.2, 0) is 32.0 Å². The van der Waals surface area contributed by atoms with Gasteiger partial charge in [0.25, 0.3) is 0 Å². The minimum Gasteiger partial charge on any atom is -0.459 e. The third kappa shape index (κ3) is 9.39. The van der Waals surface area contributed by atoms with Crippen LogP contribution in [0.15, 0.2) is 90.3 Å². The summed E-state index contributed by atoms with van der Waals surface area (Å²) in [6, 6.07) is 26.2. The Balaban J connectivity index is 1.21. The van der Waals surface area contributed by atoms with Crippen LogP contribution >= 0.6 is 11.3 Å². The van der Waals surface area contributed by atoms with E-state index in [1.54, 1.807) is 47.7 Å². The van der Waals surface area contributed by atoms with Crippen molar-refractivity contribution in [1.82, 2.24) is 5.32 Å². The average molecular weight is 585 g/mol. The van der Waals surface area contributed by atoms with Crippen LogP contribution < -0.4 is 10.8 Å². The highest BCUT2D eigenvalue weighted by Crippen LogP contribution is 2.26. The van der Waals surface area contributed by atoms with Gasteiger partial charge in [0.1, 0.15) is 5.60 Å². The van der Waals surface area contributed by atoms with Gasteiger partial charge in [0.15, 0.2) is 5.78 Å². The summed E-state index contributed by atoms with van der Waals surface area (Å²) in [6.07, 6.45) is 1.55. The molecule has 0 aliphatic heterocycles. The molecular formula is C34H36N2O5S. The Morgan fingerprint density at radius 2 is 1.52 bits per heavy atom. The van der Waals surface area contributed by atoms with Gasteiger partial charge in [-0.3, -0.25) is 9.59 Å². The van der Waals surface area contributed by atoms with Crippen molar-refractivity contribution in [3.63, 3.8) is 0 Å². The van der Waals surface area contributed by atoms with Crippen molar-refractivity contribution in [2.45, 2.75) is 45.6 Å². The molecule has 0 fully saturated rings. The number of anilines is 1. The summed E-state index contributed by atoms with van der Waals surface area (Å²) in [7, 11) is 0. The first-order chi connectivity index (χ1) is 20.2. The normalized spacial score (nSPS) is 11.1. The summed E-state index contributed by atoms with van der Waals surface area (Å²) in [5.74, 6) is -0.814. The molecule has 4 aromatic rings. The van der Waals surface area contributed by atoms with Crippen molar-refractivity contribution < 1.29 is 24.0 Å². The minimum absolute atomic E-state index is 0.151. The largest absolute Gasteiger partial charge is 0.459 e. The van der Waals surface area contributed by atoms with E-state index in [2.05, 4.69) is 34.4 Å². The van der Waals surface area contributed by atoms with E-state index in [-0.39, 0.29) is 24.7 Å². The number of para-hydroxylation sites is 1. The molecule has 0 aliphatic rings. The summed E-state index contributed by atoms with van der Waals surface area (Å²) >= 11 is 1.69. The van der Waals surface area contributed by atoms with E-state index >= 15 is 0 Å². The van der Waals surface area contributed by atoms with Crippen molar-refractivity contribution in [3.8, 4) is 11.1 Å². The van der Waals surface area contributed by atoms with Gasteiger partial charge in [-0.2, -0.15) is 0 Å². The molecule has 0 amide bonds. The van der Waals surface area contributed by atoms with Gasteiger partial charge in [-0.05, 0) is 73.9 Å². The standard InChI is InChI=1S/C34H36N2O5S/c1-34(2,3)40-32(38)22-35-20-19-28-21-27(23-42-28)25-16-13-24(14-17-25)15-18-31(37)41-36-30-12-8-7-11-29(30)33(39)26-9-5-4-6-10-26/h4-14,16-17,21,23,35-36H,15,18-20,22H2,1-3H3. The van der Waals surface area contributed by atoms with Gasteiger partial charge in [-0.25, -0.2) is 10.3 Å². The fourth-order valence-electron chi connectivity index (χ4n) is 4.23. The first-order valence-electron chi connectivity index (χ1n) is 13.9. The van der Waals surface area contributed by atoms with Gasteiger partial charge < -0.3 is 14.9 Å². The Morgan fingerprint density at radius 3 is 2.26 bits per heavy atom. The molecule has 0 unspecified atom stereocenters. The lowest BCUT2D eigenvalue weighted by atomic mass is 10.0. The lowest BCUT2D eigenvalue weighted by Gasteiger charge is -2.19. The molecule has 42 heavy (non-hydrogen) atoms. The molecule has 0 bridgehead atoms. The Kier molecular flexibility index (Phi) is 10.6. The Bertz CT molecular complexity index is 1490. The maximum Gasteiger partial charge on any atom is 0.332 e. The monoisotopic (exact) mass is 584 g/mol. The molecule has 218 valence electrons. The number of thiophene rings is 1. The average Bonchev–Trinajstić information content (AvgIpc) is 3.46. The second-order valence-corrected chi connectivity index (χ2v) is 11.8. The molecule has 0 saturated carbocycles. The lowest BCUT2D eigenvalue weighted by Crippen LogP contribution is -2.32. The molecule has 0 radical (unpaired) electrons. The number of nitrogens with one attached hydrogen (secondary N) is 2. The number of carbonyl (C=O) groups is 3. The van der Waals surface area contributed by atoms with Crippen LogP contribution in [0, 0.1) is 0 Å². The molecule has 0 spiro atoms. The van der Waals surface area contributed by atoms with Gasteiger partial charge >= 0.3 is 11.9 Å². The van der Waals surface area contributed by atoms with Crippen molar-refractivity contribution >= 4 is 34.7 Å². The maximum atomic E-state index is 12.9. The van der Waals surface area contributed by atoms with Crippen LogP contribution in [0.4, 0.5) is 5.69 Å². The van der Waals surface area contributed by atoms with Gasteiger partial charge in [-0.1, -0.05) is 66.7 Å². The van der Waals surface area contributed by atoms with E-state index < -0.39 is 11.6 Å². The molecular weight excluding hydrogens is 548 g/mol. The number of aryl methyl sites for hydroxylation is 1. The summed E-state index contributed by atoms with van der Waals surface area (Å²) in [4.78, 5) is 43.6. The molecule has 0 saturated heterocycles. The van der Waals surface area contributed by atoms with E-state index in [0.29, 0.717) is 29.8 Å². The number of hydrogen-bond acceptors (Lipinski definition) is 8. The van der Waals surface area contributed by atoms with Crippen molar-refractivity contribution in [1.29, 1.82) is 0 Å². The third-order valence-corrected chi connectivity index (χ3v) is 7.28. The van der Waals surface area contributed by atoms with E-state index in [1.807, 2.05) is 51.1 Å². The molecule has 2 N–H and O–H groups in total. The molecule has 0 aliphatic carbocycles. The van der Waals surface area contributed by atoms with Gasteiger partial charge in [0, 0.05) is 22.5 Å². The van der Waals surface area contributed by atoms with Crippen LogP contribution in [0.5, 0.6) is 0 Å². The number of carbonyl (C=O) groups excluding carboxylic acids is 3. The van der Waals surface area contributed by atoms with Crippen LogP contribution in [0.2, 0.25) is 0 Å². The topological polar surface area (TPSA) is 93.7 Å². The van der Waals surface area contributed by atoms with E-state index in [1.165, 1.54) is 4.88 Å². The summed E-state index contributed by atoms with van der Waals surface area (Å²) < 4.78 is 5.31. The first-order valence-corrected chi connectivity index (χ1v) is 14.8.